The number of hydrogen-bond donors (Lipinski definition) is 2. The topological polar surface area (TPSA) is 84.2 Å². The maximum atomic E-state index is 11.9. The molecule has 2 N–H and O–H groups in total. The maximum Gasteiger partial charge on any atom is 0.339 e. The van der Waals surface area contributed by atoms with Gasteiger partial charge in [-0.1, -0.05) is 23.7 Å². The third-order valence-corrected chi connectivity index (χ3v) is 2.89. The Labute approximate surface area is 120 Å². The predicted molar refractivity (Wildman–Crippen MR) is 72.8 cm³/mol. The van der Waals surface area contributed by atoms with Crippen LogP contribution >= 0.6 is 11.6 Å². The summed E-state index contributed by atoms with van der Waals surface area (Å²) in [4.78, 5) is 23.0. The second-order valence-electron chi connectivity index (χ2n) is 4.18. The molecule has 0 saturated carbocycles. The molecule has 0 unspecified atom stereocenters. The highest BCUT2D eigenvalue weighted by Crippen LogP contribution is 2.10. The van der Waals surface area contributed by atoms with Crippen LogP contribution in [-0.2, 0) is 13.6 Å². The molecule has 1 aromatic carbocycles. The molecule has 0 radical (unpaired) electrons. The van der Waals surface area contributed by atoms with E-state index in [1.807, 2.05) is 0 Å². The lowest BCUT2D eigenvalue weighted by Gasteiger charge is -2.04. The first-order chi connectivity index (χ1) is 9.47. The van der Waals surface area contributed by atoms with Crippen molar-refractivity contribution in [2.24, 2.45) is 7.05 Å². The predicted octanol–water partition coefficient (Wildman–Crippen LogP) is 1.70. The summed E-state index contributed by atoms with van der Waals surface area (Å²) in [5.74, 6) is -1.72. The van der Waals surface area contributed by atoms with Gasteiger partial charge in [-0.2, -0.15) is 5.10 Å². The van der Waals surface area contributed by atoms with Crippen molar-refractivity contribution in [3.8, 4) is 0 Å². The number of carboxylic acid groups (broad SMARTS) is 1. The Kier molecular flexibility index (Phi) is 4.05. The third kappa shape index (κ3) is 3.16. The maximum absolute atomic E-state index is 11.9. The SMILES string of the molecule is Cn1cc(C(=O)O)c(C(=O)NCc2ccc(Cl)cc2)n1. The lowest BCUT2D eigenvalue weighted by Crippen LogP contribution is -2.25. The van der Waals surface area contributed by atoms with E-state index in [1.165, 1.54) is 10.9 Å². The molecule has 20 heavy (non-hydrogen) atoms. The van der Waals surface area contributed by atoms with Crippen molar-refractivity contribution in [3.05, 3.63) is 52.3 Å². The number of rotatable bonds is 4. The molecule has 2 aromatic rings. The summed E-state index contributed by atoms with van der Waals surface area (Å²) in [6, 6.07) is 6.98. The number of carboxylic acids is 1. The zero-order chi connectivity index (χ0) is 14.7. The summed E-state index contributed by atoms with van der Waals surface area (Å²) in [7, 11) is 1.56. The number of hydrogen-bond acceptors (Lipinski definition) is 3. The van der Waals surface area contributed by atoms with Crippen molar-refractivity contribution >= 4 is 23.5 Å². The van der Waals surface area contributed by atoms with Gasteiger partial charge in [0.05, 0.1) is 0 Å². The zero-order valence-electron chi connectivity index (χ0n) is 10.6. The van der Waals surface area contributed by atoms with Gasteiger partial charge in [-0.25, -0.2) is 4.79 Å². The van der Waals surface area contributed by atoms with E-state index in [9.17, 15) is 9.59 Å². The second-order valence-corrected chi connectivity index (χ2v) is 4.62. The van der Waals surface area contributed by atoms with Gasteiger partial charge in [-0.3, -0.25) is 9.48 Å². The lowest BCUT2D eigenvalue weighted by molar-refractivity contribution is 0.0691. The van der Waals surface area contributed by atoms with Gasteiger partial charge in [-0.05, 0) is 17.7 Å². The van der Waals surface area contributed by atoms with E-state index >= 15 is 0 Å². The van der Waals surface area contributed by atoms with Crippen molar-refractivity contribution in [1.82, 2.24) is 15.1 Å². The average Bonchev–Trinajstić information content (AvgIpc) is 2.80. The van der Waals surface area contributed by atoms with Crippen LogP contribution in [0.1, 0.15) is 26.4 Å². The minimum absolute atomic E-state index is 0.103. The van der Waals surface area contributed by atoms with Crippen LogP contribution in [0.3, 0.4) is 0 Å². The van der Waals surface area contributed by atoms with E-state index in [4.69, 9.17) is 16.7 Å². The molecule has 0 aliphatic rings. The minimum atomic E-state index is -1.19. The molecule has 6 nitrogen and oxygen atoms in total. The van der Waals surface area contributed by atoms with Crippen molar-refractivity contribution in [2.75, 3.05) is 0 Å². The first-order valence-corrected chi connectivity index (χ1v) is 6.14. The Morgan fingerprint density at radius 2 is 2.00 bits per heavy atom. The van der Waals surface area contributed by atoms with Gasteiger partial charge in [0.25, 0.3) is 5.91 Å². The van der Waals surface area contributed by atoms with Gasteiger partial charge in [-0.15, -0.1) is 0 Å². The normalized spacial score (nSPS) is 10.3. The van der Waals surface area contributed by atoms with E-state index < -0.39 is 11.9 Å². The molecule has 104 valence electrons. The van der Waals surface area contributed by atoms with Crippen LogP contribution in [0.4, 0.5) is 0 Å². The van der Waals surface area contributed by atoms with Gasteiger partial charge in [0, 0.05) is 24.8 Å². The van der Waals surface area contributed by atoms with Crippen LogP contribution < -0.4 is 5.32 Å². The van der Waals surface area contributed by atoms with E-state index in [2.05, 4.69) is 10.4 Å². The lowest BCUT2D eigenvalue weighted by atomic mass is 10.2. The van der Waals surface area contributed by atoms with Gasteiger partial charge in [0.2, 0.25) is 0 Å². The number of aryl methyl sites for hydroxylation is 1. The summed E-state index contributed by atoms with van der Waals surface area (Å²) < 4.78 is 1.29. The number of carbonyl (C=O) groups is 2. The van der Waals surface area contributed by atoms with Crippen LogP contribution in [-0.4, -0.2) is 26.8 Å². The fraction of sp³-hybridized carbons (Fsp3) is 0.154. The Morgan fingerprint density at radius 3 is 2.60 bits per heavy atom. The number of carbonyl (C=O) groups excluding carboxylic acids is 1. The molecular formula is C13H12ClN3O3. The number of halogens is 1. The Hall–Kier alpha value is -2.34. The molecule has 0 spiro atoms. The molecule has 0 bridgehead atoms. The first kappa shape index (κ1) is 14.1. The largest absolute Gasteiger partial charge is 0.478 e. The molecule has 0 fully saturated rings. The number of aromatic carboxylic acids is 1. The number of nitrogens with one attached hydrogen (secondary N) is 1. The van der Waals surface area contributed by atoms with Crippen LogP contribution in [0.15, 0.2) is 30.5 Å². The number of nitrogens with zero attached hydrogens (tertiary/aromatic N) is 2. The Bertz CT molecular complexity index is 649. The van der Waals surface area contributed by atoms with E-state index in [1.54, 1.807) is 31.3 Å². The molecule has 2 rings (SSSR count). The van der Waals surface area contributed by atoms with E-state index in [-0.39, 0.29) is 17.8 Å². The quantitative estimate of drug-likeness (QED) is 0.898. The molecule has 1 amide bonds. The monoisotopic (exact) mass is 293 g/mol. The summed E-state index contributed by atoms with van der Waals surface area (Å²) >= 11 is 5.76. The van der Waals surface area contributed by atoms with Gasteiger partial charge in [0.15, 0.2) is 5.69 Å². The number of amides is 1. The van der Waals surface area contributed by atoms with Crippen LogP contribution in [0, 0.1) is 0 Å². The van der Waals surface area contributed by atoms with Crippen molar-refractivity contribution in [2.45, 2.75) is 6.54 Å². The van der Waals surface area contributed by atoms with Crippen molar-refractivity contribution < 1.29 is 14.7 Å². The van der Waals surface area contributed by atoms with Crippen molar-refractivity contribution in [3.63, 3.8) is 0 Å². The van der Waals surface area contributed by atoms with Gasteiger partial charge in [0.1, 0.15) is 5.56 Å². The van der Waals surface area contributed by atoms with E-state index in [0.717, 1.165) is 5.56 Å². The molecule has 0 aliphatic carbocycles. The Morgan fingerprint density at radius 1 is 1.35 bits per heavy atom. The van der Waals surface area contributed by atoms with Crippen molar-refractivity contribution in [1.29, 1.82) is 0 Å². The van der Waals surface area contributed by atoms with Gasteiger partial charge < -0.3 is 10.4 Å². The van der Waals surface area contributed by atoms with Crippen LogP contribution in [0.2, 0.25) is 5.02 Å². The van der Waals surface area contributed by atoms with E-state index in [0.29, 0.717) is 5.02 Å². The highest BCUT2D eigenvalue weighted by Gasteiger charge is 2.20. The molecular weight excluding hydrogens is 282 g/mol. The fourth-order valence-electron chi connectivity index (χ4n) is 1.68. The summed E-state index contributed by atoms with van der Waals surface area (Å²) in [6.07, 6.45) is 1.29. The molecule has 0 atom stereocenters. The number of benzene rings is 1. The summed E-state index contributed by atoms with van der Waals surface area (Å²) in [5.41, 5.74) is 0.630. The first-order valence-electron chi connectivity index (χ1n) is 5.77. The molecule has 0 saturated heterocycles. The highest BCUT2D eigenvalue weighted by molar-refractivity contribution is 6.30. The smallest absolute Gasteiger partial charge is 0.339 e. The molecule has 1 heterocycles. The third-order valence-electron chi connectivity index (χ3n) is 2.64. The highest BCUT2D eigenvalue weighted by atomic mass is 35.5. The van der Waals surface area contributed by atoms with Crippen LogP contribution in [0.5, 0.6) is 0 Å². The molecule has 7 heteroatoms. The zero-order valence-corrected chi connectivity index (χ0v) is 11.4. The Balaban J connectivity index is 2.09. The molecule has 0 aliphatic heterocycles. The fourth-order valence-corrected chi connectivity index (χ4v) is 1.81. The van der Waals surface area contributed by atoms with Gasteiger partial charge >= 0.3 is 5.97 Å². The molecule has 1 aromatic heterocycles. The standard InChI is InChI=1S/C13H12ClN3O3/c1-17-7-10(13(19)20)11(16-17)12(18)15-6-8-2-4-9(14)5-3-8/h2-5,7H,6H2,1H3,(H,15,18)(H,19,20). The second kappa shape index (κ2) is 5.75. The van der Waals surface area contributed by atoms with Crippen LogP contribution in [0.25, 0.3) is 0 Å². The minimum Gasteiger partial charge on any atom is -0.478 e. The summed E-state index contributed by atoms with van der Waals surface area (Å²) in [6.45, 7) is 0.269. The summed E-state index contributed by atoms with van der Waals surface area (Å²) in [5, 5.41) is 16.1. The number of aromatic nitrogens is 2. The average molecular weight is 294 g/mol.